The average Bonchev–Trinajstić information content (AvgIpc) is 2.77. The molecule has 0 bridgehead atoms. The summed E-state index contributed by atoms with van der Waals surface area (Å²) in [6, 6.07) is 0.309. The lowest BCUT2D eigenvalue weighted by molar-refractivity contribution is 0.0252. The fraction of sp³-hybridized carbons (Fsp3) is 0.933. The van der Waals surface area contributed by atoms with E-state index in [4.69, 9.17) is 14.2 Å². The molecule has 6 heteroatoms. The van der Waals surface area contributed by atoms with Crippen molar-refractivity contribution in [2.75, 3.05) is 33.4 Å². The number of carbonyl (C=O) groups is 1. The number of rotatable bonds is 6. The molecule has 0 aliphatic carbocycles. The molecule has 1 N–H and O–H groups in total. The Morgan fingerprint density at radius 2 is 2.05 bits per heavy atom. The highest BCUT2D eigenvalue weighted by molar-refractivity contribution is 5.68. The van der Waals surface area contributed by atoms with E-state index in [-0.39, 0.29) is 24.3 Å². The summed E-state index contributed by atoms with van der Waals surface area (Å²) in [6.45, 7) is 12.1. The molecule has 21 heavy (non-hydrogen) atoms. The zero-order valence-electron chi connectivity index (χ0n) is 14.1. The third-order valence-corrected chi connectivity index (χ3v) is 3.29. The fourth-order valence-corrected chi connectivity index (χ4v) is 2.36. The van der Waals surface area contributed by atoms with Crippen LogP contribution in [0.4, 0.5) is 4.79 Å². The first-order chi connectivity index (χ1) is 9.76. The summed E-state index contributed by atoms with van der Waals surface area (Å²) in [4.78, 5) is 13.8. The maximum atomic E-state index is 12.1. The first-order valence-electron chi connectivity index (χ1n) is 7.61. The Bertz CT molecular complexity index is 330. The van der Waals surface area contributed by atoms with Gasteiger partial charge < -0.3 is 24.4 Å². The number of likely N-dealkylation sites (tertiary alicyclic amines) is 1. The second kappa shape index (κ2) is 7.96. The second-order valence-corrected chi connectivity index (χ2v) is 6.49. The Kier molecular flexibility index (Phi) is 6.90. The van der Waals surface area contributed by atoms with Gasteiger partial charge in [0, 0.05) is 26.3 Å². The van der Waals surface area contributed by atoms with E-state index in [2.05, 4.69) is 12.2 Å². The van der Waals surface area contributed by atoms with Gasteiger partial charge in [0.25, 0.3) is 0 Å². The van der Waals surface area contributed by atoms with Crippen LogP contribution in [0.15, 0.2) is 0 Å². The molecular formula is C15H30N2O4. The van der Waals surface area contributed by atoms with Gasteiger partial charge >= 0.3 is 6.09 Å². The molecule has 1 aliphatic heterocycles. The minimum Gasteiger partial charge on any atom is -0.444 e. The van der Waals surface area contributed by atoms with Crippen molar-refractivity contribution >= 4 is 6.09 Å². The van der Waals surface area contributed by atoms with Crippen molar-refractivity contribution in [3.05, 3.63) is 0 Å². The summed E-state index contributed by atoms with van der Waals surface area (Å²) in [5, 5.41) is 3.46. The molecule has 1 amide bonds. The molecule has 0 aromatic rings. The molecule has 6 nitrogen and oxygen atoms in total. The normalized spacial score (nSPS) is 24.2. The van der Waals surface area contributed by atoms with Crippen LogP contribution in [0.3, 0.4) is 0 Å². The molecule has 1 saturated heterocycles. The van der Waals surface area contributed by atoms with E-state index in [0.717, 1.165) is 0 Å². The summed E-state index contributed by atoms with van der Waals surface area (Å²) in [5.74, 6) is 0. The van der Waals surface area contributed by atoms with Gasteiger partial charge in [-0.15, -0.1) is 0 Å². The zero-order chi connectivity index (χ0) is 16.0. The third kappa shape index (κ3) is 6.20. The van der Waals surface area contributed by atoms with Crippen LogP contribution < -0.4 is 5.32 Å². The minimum atomic E-state index is -0.479. The first-order valence-corrected chi connectivity index (χ1v) is 7.61. The van der Waals surface area contributed by atoms with Gasteiger partial charge in [-0.05, 0) is 34.6 Å². The van der Waals surface area contributed by atoms with Crippen molar-refractivity contribution in [1.82, 2.24) is 10.2 Å². The smallest absolute Gasteiger partial charge is 0.410 e. The van der Waals surface area contributed by atoms with Crippen LogP contribution in [-0.4, -0.2) is 68.2 Å². The second-order valence-electron chi connectivity index (χ2n) is 6.49. The lowest BCUT2D eigenvalue weighted by Gasteiger charge is -2.24. The van der Waals surface area contributed by atoms with Crippen molar-refractivity contribution in [1.29, 1.82) is 0 Å². The predicted octanol–water partition coefficient (Wildman–Crippen LogP) is 1.64. The molecule has 1 rings (SSSR count). The van der Waals surface area contributed by atoms with Crippen LogP contribution in [0.5, 0.6) is 0 Å². The number of nitrogens with zero attached hydrogens (tertiary/aromatic N) is 1. The lowest BCUT2D eigenvalue weighted by Crippen LogP contribution is -2.46. The molecule has 0 spiro atoms. The van der Waals surface area contributed by atoms with Crippen molar-refractivity contribution in [2.45, 2.75) is 58.4 Å². The van der Waals surface area contributed by atoms with Crippen molar-refractivity contribution in [2.24, 2.45) is 0 Å². The van der Waals surface area contributed by atoms with Crippen molar-refractivity contribution < 1.29 is 19.0 Å². The molecule has 0 aromatic heterocycles. The number of amides is 1. The van der Waals surface area contributed by atoms with Crippen LogP contribution in [-0.2, 0) is 14.2 Å². The summed E-state index contributed by atoms with van der Waals surface area (Å²) >= 11 is 0. The topological polar surface area (TPSA) is 60.0 Å². The van der Waals surface area contributed by atoms with E-state index in [0.29, 0.717) is 26.3 Å². The molecule has 1 aliphatic rings. The van der Waals surface area contributed by atoms with Gasteiger partial charge in [-0.25, -0.2) is 4.79 Å². The average molecular weight is 302 g/mol. The highest BCUT2D eigenvalue weighted by atomic mass is 16.6. The third-order valence-electron chi connectivity index (χ3n) is 3.29. The first kappa shape index (κ1) is 18.2. The van der Waals surface area contributed by atoms with Gasteiger partial charge in [0.05, 0.1) is 25.3 Å². The fourth-order valence-electron chi connectivity index (χ4n) is 2.36. The van der Waals surface area contributed by atoms with Crippen LogP contribution in [0, 0.1) is 0 Å². The van der Waals surface area contributed by atoms with Crippen molar-refractivity contribution in [3.63, 3.8) is 0 Å². The van der Waals surface area contributed by atoms with Crippen LogP contribution in [0.25, 0.3) is 0 Å². The Morgan fingerprint density at radius 1 is 1.38 bits per heavy atom. The lowest BCUT2D eigenvalue weighted by atomic mass is 10.2. The molecule has 0 aromatic carbocycles. The molecule has 0 radical (unpaired) electrons. The number of ether oxygens (including phenoxy) is 3. The van der Waals surface area contributed by atoms with Gasteiger partial charge in [0.1, 0.15) is 5.60 Å². The number of nitrogens with one attached hydrogen (secondary N) is 1. The Morgan fingerprint density at radius 3 is 2.57 bits per heavy atom. The van der Waals surface area contributed by atoms with Gasteiger partial charge in [0.15, 0.2) is 0 Å². The van der Waals surface area contributed by atoms with Gasteiger partial charge in [-0.3, -0.25) is 0 Å². The van der Waals surface area contributed by atoms with Crippen LogP contribution >= 0.6 is 0 Å². The molecule has 3 atom stereocenters. The van der Waals surface area contributed by atoms with E-state index in [1.807, 2.05) is 27.7 Å². The Labute approximate surface area is 128 Å². The number of carbonyl (C=O) groups excluding carboxylic acids is 1. The molecule has 1 fully saturated rings. The van der Waals surface area contributed by atoms with Crippen molar-refractivity contribution in [3.8, 4) is 0 Å². The largest absolute Gasteiger partial charge is 0.444 e. The van der Waals surface area contributed by atoms with E-state index in [9.17, 15) is 4.79 Å². The van der Waals surface area contributed by atoms with E-state index in [1.165, 1.54) is 0 Å². The molecule has 2 unspecified atom stereocenters. The highest BCUT2D eigenvalue weighted by Gasteiger charge is 2.37. The Balaban J connectivity index is 2.53. The van der Waals surface area contributed by atoms with E-state index >= 15 is 0 Å². The molecule has 0 saturated carbocycles. The van der Waals surface area contributed by atoms with E-state index in [1.54, 1.807) is 12.0 Å². The number of hydrogen-bond donors (Lipinski definition) is 1. The molecular weight excluding hydrogens is 272 g/mol. The highest BCUT2D eigenvalue weighted by Crippen LogP contribution is 2.18. The molecule has 1 heterocycles. The van der Waals surface area contributed by atoms with Gasteiger partial charge in [-0.1, -0.05) is 0 Å². The standard InChI is InChI=1S/C15H30N2O4/c1-7-20-10-11(2)16-12-8-17(9-13(12)19-6)14(18)21-15(3,4)5/h11-13,16H,7-10H2,1-6H3/t11?,12?,13-/m0/s1. The summed E-state index contributed by atoms with van der Waals surface area (Å²) in [7, 11) is 1.67. The number of methoxy groups -OCH3 is 1. The quantitative estimate of drug-likeness (QED) is 0.808. The zero-order valence-corrected chi connectivity index (χ0v) is 14.1. The summed E-state index contributed by atoms with van der Waals surface area (Å²) in [5.41, 5.74) is -0.479. The monoisotopic (exact) mass is 302 g/mol. The predicted molar refractivity (Wildman–Crippen MR) is 81.5 cm³/mol. The SMILES string of the molecule is CCOCC(C)NC1CN(C(=O)OC(C)(C)C)C[C@@H]1OC. The van der Waals surface area contributed by atoms with Gasteiger partial charge in [0.2, 0.25) is 0 Å². The summed E-state index contributed by atoms with van der Waals surface area (Å²) in [6.07, 6.45) is -0.312. The van der Waals surface area contributed by atoms with E-state index < -0.39 is 5.60 Å². The maximum Gasteiger partial charge on any atom is 0.410 e. The van der Waals surface area contributed by atoms with Crippen LogP contribution in [0.2, 0.25) is 0 Å². The number of hydrogen-bond acceptors (Lipinski definition) is 5. The minimum absolute atomic E-state index is 0.0263. The van der Waals surface area contributed by atoms with Crippen LogP contribution in [0.1, 0.15) is 34.6 Å². The Hall–Kier alpha value is -0.850. The van der Waals surface area contributed by atoms with Gasteiger partial charge in [-0.2, -0.15) is 0 Å². The molecule has 124 valence electrons. The maximum absolute atomic E-state index is 12.1. The summed E-state index contributed by atoms with van der Waals surface area (Å²) < 4.78 is 16.3.